The maximum absolute atomic E-state index is 14.9. The summed E-state index contributed by atoms with van der Waals surface area (Å²) in [5.41, 5.74) is 4.62. The van der Waals surface area contributed by atoms with Gasteiger partial charge in [-0.2, -0.15) is 0 Å². The summed E-state index contributed by atoms with van der Waals surface area (Å²) >= 11 is 6.44. The summed E-state index contributed by atoms with van der Waals surface area (Å²) < 4.78 is 0. The number of H-pyrrole nitrogens is 1. The number of halogens is 1. The zero-order valence-electron chi connectivity index (χ0n) is 27.5. The molecule has 2 aliphatic heterocycles. The van der Waals surface area contributed by atoms with Crippen LogP contribution in [0.2, 0.25) is 5.02 Å². The first-order valence-corrected chi connectivity index (χ1v) is 17.0. The second kappa shape index (κ2) is 14.3. The van der Waals surface area contributed by atoms with Crippen LogP contribution in [0.25, 0.3) is 10.9 Å². The average Bonchev–Trinajstić information content (AvgIpc) is 3.48. The number of hydrogen-bond acceptors (Lipinski definition) is 4. The molecule has 1 saturated heterocycles. The highest BCUT2D eigenvalue weighted by Crippen LogP contribution is 2.34. The van der Waals surface area contributed by atoms with Gasteiger partial charge in [-0.05, 0) is 92.7 Å². The van der Waals surface area contributed by atoms with Crippen LogP contribution < -0.4 is 4.90 Å². The molecule has 246 valence electrons. The number of para-hydroxylation sites is 1. The molecule has 6 rings (SSSR count). The van der Waals surface area contributed by atoms with E-state index in [1.54, 1.807) is 11.8 Å². The van der Waals surface area contributed by atoms with Gasteiger partial charge in [-0.25, -0.2) is 0 Å². The van der Waals surface area contributed by atoms with E-state index < -0.39 is 6.04 Å². The normalized spacial score (nSPS) is 17.5. The van der Waals surface area contributed by atoms with Crippen LogP contribution in [0.5, 0.6) is 0 Å². The lowest BCUT2D eigenvalue weighted by Crippen LogP contribution is -2.56. The summed E-state index contributed by atoms with van der Waals surface area (Å²) in [6.07, 6.45) is 4.74. The van der Waals surface area contributed by atoms with Crippen LogP contribution in [0.4, 0.5) is 5.69 Å². The number of carbonyl (C=O) groups is 3. The fourth-order valence-electron chi connectivity index (χ4n) is 7.42. The number of fused-ring (bicyclic) bond motifs is 2. The largest absolute Gasteiger partial charge is 0.361 e. The van der Waals surface area contributed by atoms with Gasteiger partial charge >= 0.3 is 0 Å². The number of hydrogen-bond donors (Lipinski definition) is 1. The number of rotatable bonds is 9. The van der Waals surface area contributed by atoms with Crippen molar-refractivity contribution in [2.75, 3.05) is 51.7 Å². The summed E-state index contributed by atoms with van der Waals surface area (Å²) in [7, 11) is 4.10. The minimum absolute atomic E-state index is 0.0380. The van der Waals surface area contributed by atoms with Crippen molar-refractivity contribution >= 4 is 45.9 Å². The first-order valence-electron chi connectivity index (χ1n) is 16.6. The zero-order valence-corrected chi connectivity index (χ0v) is 28.2. The molecule has 0 radical (unpaired) electrons. The van der Waals surface area contributed by atoms with Crippen molar-refractivity contribution in [2.24, 2.45) is 11.8 Å². The standard InChI is InChI=1S/C38H44ClN5O3/c1-26(45)43(24-27-15-17-42(18-16-27)37(46)29-9-5-4-6-10-29)36(21-31-22-40-34-12-8-7-11-33(31)34)38(47)44-25-28(23-41(2)3)19-30-20-32(39)13-14-35(30)44/h4-14,20,22,27-28,36,40H,15-19,21,23-25H2,1-3H3/t28-,36-/m1/s1. The van der Waals surface area contributed by atoms with Crippen molar-refractivity contribution in [1.29, 1.82) is 0 Å². The lowest BCUT2D eigenvalue weighted by molar-refractivity contribution is -0.138. The summed E-state index contributed by atoms with van der Waals surface area (Å²) in [4.78, 5) is 52.7. The number of nitrogens with zero attached hydrogens (tertiary/aromatic N) is 4. The van der Waals surface area contributed by atoms with Crippen LogP contribution >= 0.6 is 11.6 Å². The number of nitrogens with one attached hydrogen (secondary N) is 1. The summed E-state index contributed by atoms with van der Waals surface area (Å²) in [5, 5.41) is 1.71. The molecule has 3 aromatic carbocycles. The molecule has 1 N–H and O–H groups in total. The van der Waals surface area contributed by atoms with E-state index in [1.807, 2.05) is 82.7 Å². The van der Waals surface area contributed by atoms with Gasteiger partial charge in [0.1, 0.15) is 6.04 Å². The van der Waals surface area contributed by atoms with Gasteiger partial charge < -0.3 is 24.6 Å². The molecule has 1 aromatic heterocycles. The summed E-state index contributed by atoms with van der Waals surface area (Å²) in [5.74, 6) is 0.242. The fourth-order valence-corrected chi connectivity index (χ4v) is 7.61. The lowest BCUT2D eigenvalue weighted by atomic mass is 9.90. The molecule has 2 atom stereocenters. The fraction of sp³-hybridized carbons (Fsp3) is 0.395. The molecule has 8 nitrogen and oxygen atoms in total. The summed E-state index contributed by atoms with van der Waals surface area (Å²) in [6, 6.07) is 22.5. The van der Waals surface area contributed by atoms with E-state index in [0.29, 0.717) is 43.2 Å². The minimum atomic E-state index is -0.697. The van der Waals surface area contributed by atoms with Gasteiger partial charge in [-0.3, -0.25) is 14.4 Å². The first kappa shape index (κ1) is 32.8. The number of aromatic nitrogens is 1. The highest BCUT2D eigenvalue weighted by molar-refractivity contribution is 6.30. The molecule has 0 spiro atoms. The highest BCUT2D eigenvalue weighted by atomic mass is 35.5. The van der Waals surface area contributed by atoms with Gasteiger partial charge in [-0.15, -0.1) is 0 Å². The minimum Gasteiger partial charge on any atom is -0.361 e. The molecule has 0 unspecified atom stereocenters. The molecule has 1 fully saturated rings. The predicted molar refractivity (Wildman–Crippen MR) is 188 cm³/mol. The van der Waals surface area contributed by atoms with Gasteiger partial charge in [0, 0.05) is 79.4 Å². The van der Waals surface area contributed by atoms with Crippen LogP contribution in [0, 0.1) is 11.8 Å². The van der Waals surface area contributed by atoms with E-state index in [2.05, 4.69) is 30.0 Å². The number of likely N-dealkylation sites (tertiary alicyclic amines) is 1. The topological polar surface area (TPSA) is 80.0 Å². The third kappa shape index (κ3) is 7.39. The summed E-state index contributed by atoms with van der Waals surface area (Å²) in [6.45, 7) is 4.68. The van der Waals surface area contributed by atoms with Crippen molar-refractivity contribution in [3.63, 3.8) is 0 Å². The Morgan fingerprint density at radius 2 is 1.66 bits per heavy atom. The first-order chi connectivity index (χ1) is 22.7. The molecule has 9 heteroatoms. The van der Waals surface area contributed by atoms with Gasteiger partial charge in [0.05, 0.1) is 0 Å². The molecule has 4 aromatic rings. The Morgan fingerprint density at radius 1 is 0.936 bits per heavy atom. The number of carbonyl (C=O) groups excluding carboxylic acids is 3. The Kier molecular flexibility index (Phi) is 9.99. The SMILES string of the molecule is CC(=O)N(CC1CCN(C(=O)c2ccccc2)CC1)[C@H](Cc1c[nH]c2ccccc12)C(=O)N1C[C@@H](CN(C)C)Cc2cc(Cl)ccc21. The van der Waals surface area contributed by atoms with Crippen molar-refractivity contribution in [3.05, 3.63) is 101 Å². The van der Waals surface area contributed by atoms with Crippen LogP contribution in [-0.4, -0.2) is 90.3 Å². The van der Waals surface area contributed by atoms with Crippen molar-refractivity contribution in [2.45, 2.75) is 38.6 Å². The third-order valence-electron chi connectivity index (χ3n) is 9.70. The van der Waals surface area contributed by atoms with E-state index in [1.165, 1.54) is 0 Å². The molecule has 2 aliphatic rings. The van der Waals surface area contributed by atoms with Crippen LogP contribution in [-0.2, 0) is 22.4 Å². The van der Waals surface area contributed by atoms with E-state index in [-0.39, 0.29) is 29.6 Å². The third-order valence-corrected chi connectivity index (χ3v) is 9.94. The number of amides is 3. The molecule has 3 heterocycles. The van der Waals surface area contributed by atoms with Gasteiger partial charge in [-0.1, -0.05) is 48.0 Å². The molecular weight excluding hydrogens is 610 g/mol. The smallest absolute Gasteiger partial charge is 0.253 e. The van der Waals surface area contributed by atoms with Gasteiger partial charge in [0.25, 0.3) is 5.91 Å². The van der Waals surface area contributed by atoms with Crippen molar-refractivity contribution < 1.29 is 14.4 Å². The molecule has 0 aliphatic carbocycles. The maximum Gasteiger partial charge on any atom is 0.253 e. The Balaban J connectivity index is 1.29. The number of benzene rings is 3. The molecule has 47 heavy (non-hydrogen) atoms. The second-order valence-electron chi connectivity index (χ2n) is 13.4. The van der Waals surface area contributed by atoms with Gasteiger partial charge in [0.15, 0.2) is 0 Å². The number of aromatic amines is 1. The Labute approximate surface area is 282 Å². The van der Waals surface area contributed by atoms with Crippen molar-refractivity contribution in [3.8, 4) is 0 Å². The zero-order chi connectivity index (χ0) is 33.1. The van der Waals surface area contributed by atoms with E-state index in [4.69, 9.17) is 11.6 Å². The molecule has 0 saturated carbocycles. The van der Waals surface area contributed by atoms with Gasteiger partial charge in [0.2, 0.25) is 11.8 Å². The highest BCUT2D eigenvalue weighted by Gasteiger charge is 2.38. The van der Waals surface area contributed by atoms with E-state index in [0.717, 1.165) is 53.5 Å². The second-order valence-corrected chi connectivity index (χ2v) is 13.8. The number of anilines is 1. The average molecular weight is 654 g/mol. The molecule has 0 bridgehead atoms. The van der Waals surface area contributed by atoms with Crippen LogP contribution in [0.1, 0.15) is 41.3 Å². The predicted octanol–water partition coefficient (Wildman–Crippen LogP) is 5.90. The Morgan fingerprint density at radius 3 is 2.38 bits per heavy atom. The lowest BCUT2D eigenvalue weighted by Gasteiger charge is -2.41. The molecular formula is C38H44ClN5O3. The Hall–Kier alpha value is -4.14. The Bertz CT molecular complexity index is 1730. The number of piperidine rings is 1. The van der Waals surface area contributed by atoms with E-state index in [9.17, 15) is 14.4 Å². The van der Waals surface area contributed by atoms with Crippen LogP contribution in [0.3, 0.4) is 0 Å². The van der Waals surface area contributed by atoms with Crippen molar-refractivity contribution in [1.82, 2.24) is 19.7 Å². The maximum atomic E-state index is 14.9. The van der Waals surface area contributed by atoms with E-state index >= 15 is 0 Å². The molecule has 3 amide bonds. The van der Waals surface area contributed by atoms with Crippen LogP contribution in [0.15, 0.2) is 79.0 Å². The monoisotopic (exact) mass is 653 g/mol. The quantitative estimate of drug-likeness (QED) is 0.244.